The van der Waals surface area contributed by atoms with Crippen molar-refractivity contribution in [2.45, 2.75) is 24.3 Å². The molecule has 0 saturated carbocycles. The Morgan fingerprint density at radius 3 is 2.36 bits per heavy atom. The van der Waals surface area contributed by atoms with Crippen molar-refractivity contribution in [3.63, 3.8) is 0 Å². The summed E-state index contributed by atoms with van der Waals surface area (Å²) in [5.41, 5.74) is 1.74. The third-order valence-electron chi connectivity index (χ3n) is 3.19. The van der Waals surface area contributed by atoms with Crippen molar-refractivity contribution in [1.82, 2.24) is 0 Å². The van der Waals surface area contributed by atoms with Gasteiger partial charge in [0.1, 0.15) is 6.61 Å². The lowest BCUT2D eigenvalue weighted by atomic mass is 10.1. The van der Waals surface area contributed by atoms with Gasteiger partial charge in [0, 0.05) is 12.7 Å². The lowest BCUT2D eigenvalue weighted by Gasteiger charge is -2.06. The number of benzene rings is 2. The van der Waals surface area contributed by atoms with Gasteiger partial charge < -0.3 is 4.74 Å². The Hall–Kier alpha value is -2.14. The van der Waals surface area contributed by atoms with Gasteiger partial charge in [-0.2, -0.15) is 0 Å². The summed E-state index contributed by atoms with van der Waals surface area (Å²) >= 11 is 0. The molecule has 0 amide bonds. The molecule has 2 aromatic carbocycles. The molecule has 0 aliphatic heterocycles. The molecule has 4 nitrogen and oxygen atoms in total. The number of ether oxygens (including phenoxy) is 1. The first kappa shape index (κ1) is 16.2. The number of hydrogen-bond acceptors (Lipinski definition) is 4. The Balaban J connectivity index is 1.86. The minimum absolute atomic E-state index is 0.222. The van der Waals surface area contributed by atoms with E-state index in [1.165, 1.54) is 6.26 Å². The van der Waals surface area contributed by atoms with Crippen LogP contribution >= 0.6 is 0 Å². The van der Waals surface area contributed by atoms with Gasteiger partial charge in [-0.3, -0.25) is 4.79 Å². The van der Waals surface area contributed by atoms with Crippen LogP contribution in [0.1, 0.15) is 17.5 Å². The van der Waals surface area contributed by atoms with E-state index in [2.05, 4.69) is 0 Å². The molecule has 0 N–H and O–H groups in total. The van der Waals surface area contributed by atoms with Crippen molar-refractivity contribution >= 4 is 15.8 Å². The van der Waals surface area contributed by atoms with Crippen LogP contribution in [-0.2, 0) is 32.4 Å². The Bertz CT molecular complexity index is 736. The Labute approximate surface area is 130 Å². The molecule has 116 valence electrons. The second-order valence-electron chi connectivity index (χ2n) is 5.07. The standard InChI is InChI=1S/C17H18O4S/c1-22(19,20)16-9-5-8-14(12-16)10-11-17(18)21-13-15-6-3-2-4-7-15/h2-9,12H,10-11,13H2,1H3. The van der Waals surface area contributed by atoms with Crippen LogP contribution in [0.4, 0.5) is 0 Å². The van der Waals surface area contributed by atoms with Gasteiger partial charge in [-0.05, 0) is 29.7 Å². The molecule has 0 saturated heterocycles. The average Bonchev–Trinajstić information content (AvgIpc) is 2.51. The molecular weight excluding hydrogens is 300 g/mol. The molecule has 0 heterocycles. The quantitative estimate of drug-likeness (QED) is 0.768. The number of sulfone groups is 1. The summed E-state index contributed by atoms with van der Waals surface area (Å²) in [5, 5.41) is 0. The van der Waals surface area contributed by atoms with Gasteiger partial charge in [0.05, 0.1) is 4.90 Å². The molecule has 0 aliphatic rings. The van der Waals surface area contributed by atoms with Crippen LogP contribution in [0.5, 0.6) is 0 Å². The number of hydrogen-bond donors (Lipinski definition) is 0. The van der Waals surface area contributed by atoms with Crippen LogP contribution in [0, 0.1) is 0 Å². The minimum atomic E-state index is -3.23. The van der Waals surface area contributed by atoms with Crippen molar-refractivity contribution in [1.29, 1.82) is 0 Å². The summed E-state index contributed by atoms with van der Waals surface area (Å²) in [6, 6.07) is 16.1. The van der Waals surface area contributed by atoms with E-state index in [0.717, 1.165) is 11.1 Å². The summed E-state index contributed by atoms with van der Waals surface area (Å²) < 4.78 is 28.2. The Morgan fingerprint density at radius 2 is 1.68 bits per heavy atom. The van der Waals surface area contributed by atoms with Crippen molar-refractivity contribution in [2.75, 3.05) is 6.26 Å². The fraction of sp³-hybridized carbons (Fsp3) is 0.235. The topological polar surface area (TPSA) is 60.4 Å². The maximum absolute atomic E-state index is 11.7. The molecule has 5 heteroatoms. The van der Waals surface area contributed by atoms with E-state index in [9.17, 15) is 13.2 Å². The van der Waals surface area contributed by atoms with Gasteiger partial charge in [0.25, 0.3) is 0 Å². The van der Waals surface area contributed by atoms with Crippen LogP contribution < -0.4 is 0 Å². The maximum Gasteiger partial charge on any atom is 0.306 e. The lowest BCUT2D eigenvalue weighted by molar-refractivity contribution is -0.144. The van der Waals surface area contributed by atoms with E-state index in [1.54, 1.807) is 24.3 Å². The predicted octanol–water partition coefficient (Wildman–Crippen LogP) is 2.77. The molecule has 0 aliphatic carbocycles. The smallest absolute Gasteiger partial charge is 0.306 e. The van der Waals surface area contributed by atoms with Gasteiger partial charge in [0.15, 0.2) is 9.84 Å². The Kier molecular flexibility index (Phi) is 5.33. The third kappa shape index (κ3) is 5.00. The van der Waals surface area contributed by atoms with Gasteiger partial charge in [-0.25, -0.2) is 8.42 Å². The third-order valence-corrected chi connectivity index (χ3v) is 4.30. The normalized spacial score (nSPS) is 11.1. The van der Waals surface area contributed by atoms with E-state index in [0.29, 0.717) is 6.42 Å². The predicted molar refractivity (Wildman–Crippen MR) is 84.1 cm³/mol. The van der Waals surface area contributed by atoms with E-state index in [4.69, 9.17) is 4.74 Å². The fourth-order valence-corrected chi connectivity index (χ4v) is 2.68. The van der Waals surface area contributed by atoms with Gasteiger partial charge in [-0.15, -0.1) is 0 Å². The zero-order valence-electron chi connectivity index (χ0n) is 12.4. The lowest BCUT2D eigenvalue weighted by Crippen LogP contribution is -2.06. The molecule has 22 heavy (non-hydrogen) atoms. The van der Waals surface area contributed by atoms with Crippen LogP contribution in [0.3, 0.4) is 0 Å². The number of carbonyl (C=O) groups excluding carboxylic acids is 1. The Morgan fingerprint density at radius 1 is 1.00 bits per heavy atom. The maximum atomic E-state index is 11.7. The summed E-state index contributed by atoms with van der Waals surface area (Å²) in [5.74, 6) is -0.298. The van der Waals surface area contributed by atoms with Crippen molar-refractivity contribution in [3.8, 4) is 0 Å². The minimum Gasteiger partial charge on any atom is -0.461 e. The van der Waals surface area contributed by atoms with Gasteiger partial charge in [0.2, 0.25) is 0 Å². The molecule has 0 aromatic heterocycles. The zero-order chi connectivity index (χ0) is 16.0. The molecule has 0 radical (unpaired) electrons. The largest absolute Gasteiger partial charge is 0.461 e. The summed E-state index contributed by atoms with van der Waals surface area (Å²) in [6.07, 6.45) is 1.84. The average molecular weight is 318 g/mol. The number of carbonyl (C=O) groups is 1. The molecule has 0 atom stereocenters. The molecule has 0 bridgehead atoms. The molecule has 0 spiro atoms. The highest BCUT2D eigenvalue weighted by Gasteiger charge is 2.09. The molecule has 0 fully saturated rings. The number of esters is 1. The first-order valence-electron chi connectivity index (χ1n) is 6.94. The van der Waals surface area contributed by atoms with Crippen LogP contribution in [-0.4, -0.2) is 20.6 Å². The summed E-state index contributed by atoms with van der Waals surface area (Å²) in [4.78, 5) is 12.0. The molecule has 0 unspecified atom stereocenters. The first-order valence-corrected chi connectivity index (χ1v) is 8.83. The highest BCUT2D eigenvalue weighted by Crippen LogP contribution is 2.13. The van der Waals surface area contributed by atoms with E-state index >= 15 is 0 Å². The van der Waals surface area contributed by atoms with E-state index < -0.39 is 9.84 Å². The summed E-state index contributed by atoms with van der Waals surface area (Å²) in [6.45, 7) is 0.253. The van der Waals surface area contributed by atoms with Gasteiger partial charge >= 0.3 is 5.97 Å². The summed E-state index contributed by atoms with van der Waals surface area (Å²) in [7, 11) is -3.23. The highest BCUT2D eigenvalue weighted by atomic mass is 32.2. The fourth-order valence-electron chi connectivity index (χ4n) is 1.99. The van der Waals surface area contributed by atoms with Gasteiger partial charge in [-0.1, -0.05) is 42.5 Å². The number of rotatable bonds is 6. The second-order valence-corrected chi connectivity index (χ2v) is 7.08. The highest BCUT2D eigenvalue weighted by molar-refractivity contribution is 7.90. The van der Waals surface area contributed by atoms with Crippen molar-refractivity contribution in [2.24, 2.45) is 0 Å². The molecule has 2 rings (SSSR count). The second kappa shape index (κ2) is 7.22. The van der Waals surface area contributed by atoms with Crippen molar-refractivity contribution < 1.29 is 17.9 Å². The van der Waals surface area contributed by atoms with E-state index in [-0.39, 0.29) is 23.9 Å². The zero-order valence-corrected chi connectivity index (χ0v) is 13.2. The van der Waals surface area contributed by atoms with Crippen molar-refractivity contribution in [3.05, 3.63) is 65.7 Å². The van der Waals surface area contributed by atoms with Crippen LogP contribution in [0.25, 0.3) is 0 Å². The SMILES string of the molecule is CS(=O)(=O)c1cccc(CCC(=O)OCc2ccccc2)c1. The molecular formula is C17H18O4S. The number of aryl methyl sites for hydroxylation is 1. The molecule has 2 aromatic rings. The monoisotopic (exact) mass is 318 g/mol. The van der Waals surface area contributed by atoms with E-state index in [1.807, 2.05) is 30.3 Å². The van der Waals surface area contributed by atoms with Crippen LogP contribution in [0.2, 0.25) is 0 Å². The van der Waals surface area contributed by atoms with Crippen LogP contribution in [0.15, 0.2) is 59.5 Å². The first-order chi connectivity index (χ1) is 10.4.